The average Bonchev–Trinajstić information content (AvgIpc) is 2.78. The highest BCUT2D eigenvalue weighted by molar-refractivity contribution is 5.86. The van der Waals surface area contributed by atoms with Gasteiger partial charge in [0, 0.05) is 30.6 Å². The van der Waals surface area contributed by atoms with Crippen molar-refractivity contribution in [3.05, 3.63) is 52.6 Å². The van der Waals surface area contributed by atoms with E-state index in [9.17, 15) is 9.59 Å². The van der Waals surface area contributed by atoms with E-state index in [1.54, 1.807) is 23.0 Å². The zero-order valence-electron chi connectivity index (χ0n) is 8.54. The zero-order chi connectivity index (χ0) is 11.5. The minimum absolute atomic E-state index is 0.0870. The Kier molecular flexibility index (Phi) is 2.59. The standard InChI is InChI=1S/C11H9NO4/c1-15-11(14)9-2-3-10(16-9)12-6-4-8(13)5-7-12/h2-7H,1H3. The molecule has 0 spiro atoms. The van der Waals surface area contributed by atoms with Crippen molar-refractivity contribution in [3.8, 4) is 5.88 Å². The summed E-state index contributed by atoms with van der Waals surface area (Å²) < 4.78 is 11.4. The Morgan fingerprint density at radius 3 is 2.56 bits per heavy atom. The fourth-order valence-corrected chi connectivity index (χ4v) is 1.24. The van der Waals surface area contributed by atoms with E-state index in [0.29, 0.717) is 5.88 Å². The van der Waals surface area contributed by atoms with Gasteiger partial charge in [0.2, 0.25) is 11.6 Å². The first kappa shape index (κ1) is 10.2. The lowest BCUT2D eigenvalue weighted by molar-refractivity contribution is 0.0565. The molecule has 0 aliphatic heterocycles. The summed E-state index contributed by atoms with van der Waals surface area (Å²) >= 11 is 0. The van der Waals surface area contributed by atoms with Gasteiger partial charge in [0.15, 0.2) is 5.43 Å². The fourth-order valence-electron chi connectivity index (χ4n) is 1.24. The summed E-state index contributed by atoms with van der Waals surface area (Å²) in [5.74, 6) is 0.0314. The molecule has 5 heteroatoms. The van der Waals surface area contributed by atoms with Crippen LogP contribution in [0.25, 0.3) is 5.88 Å². The summed E-state index contributed by atoms with van der Waals surface area (Å²) in [7, 11) is 1.28. The third kappa shape index (κ3) is 1.88. The third-order valence-corrected chi connectivity index (χ3v) is 2.03. The first-order valence-electron chi connectivity index (χ1n) is 4.57. The Labute approximate surface area is 90.9 Å². The van der Waals surface area contributed by atoms with Gasteiger partial charge in [-0.2, -0.15) is 0 Å². The summed E-state index contributed by atoms with van der Waals surface area (Å²) in [6.45, 7) is 0. The number of aromatic nitrogens is 1. The lowest BCUT2D eigenvalue weighted by Gasteiger charge is -1.99. The molecule has 0 saturated heterocycles. The first-order valence-corrected chi connectivity index (χ1v) is 4.57. The number of pyridine rings is 1. The van der Waals surface area contributed by atoms with Crippen LogP contribution < -0.4 is 5.43 Å². The maximum atomic E-state index is 11.1. The highest BCUT2D eigenvalue weighted by Crippen LogP contribution is 2.12. The molecule has 0 N–H and O–H groups in total. The Morgan fingerprint density at radius 1 is 1.25 bits per heavy atom. The predicted octanol–water partition coefficient (Wildman–Crippen LogP) is 1.22. The average molecular weight is 219 g/mol. The monoisotopic (exact) mass is 219 g/mol. The van der Waals surface area contributed by atoms with Gasteiger partial charge < -0.3 is 9.15 Å². The molecule has 2 heterocycles. The molecule has 2 aromatic rings. The lowest BCUT2D eigenvalue weighted by Crippen LogP contribution is -2.01. The summed E-state index contributed by atoms with van der Waals surface area (Å²) in [5, 5.41) is 0. The van der Waals surface area contributed by atoms with E-state index < -0.39 is 5.97 Å². The number of carbonyl (C=O) groups is 1. The molecule has 0 amide bonds. The zero-order valence-corrected chi connectivity index (χ0v) is 8.54. The van der Waals surface area contributed by atoms with Crippen molar-refractivity contribution in [2.45, 2.75) is 0 Å². The predicted molar refractivity (Wildman–Crippen MR) is 55.6 cm³/mol. The van der Waals surface area contributed by atoms with E-state index in [4.69, 9.17) is 4.42 Å². The van der Waals surface area contributed by atoms with Gasteiger partial charge in [0.25, 0.3) is 0 Å². The number of rotatable bonds is 2. The van der Waals surface area contributed by atoms with Gasteiger partial charge in [-0.05, 0) is 6.07 Å². The van der Waals surface area contributed by atoms with Crippen LogP contribution in [-0.2, 0) is 4.74 Å². The van der Waals surface area contributed by atoms with Crippen LogP contribution in [0, 0.1) is 0 Å². The van der Waals surface area contributed by atoms with E-state index >= 15 is 0 Å². The first-order chi connectivity index (χ1) is 7.70. The van der Waals surface area contributed by atoms with Crippen LogP contribution in [0.4, 0.5) is 0 Å². The van der Waals surface area contributed by atoms with Crippen molar-refractivity contribution in [2.24, 2.45) is 0 Å². The Balaban J connectivity index is 2.35. The minimum atomic E-state index is -0.535. The molecule has 0 aliphatic carbocycles. The number of hydrogen-bond acceptors (Lipinski definition) is 4. The van der Waals surface area contributed by atoms with Gasteiger partial charge in [0.05, 0.1) is 7.11 Å². The fraction of sp³-hybridized carbons (Fsp3) is 0.0909. The van der Waals surface area contributed by atoms with Crippen LogP contribution in [0.3, 0.4) is 0 Å². The van der Waals surface area contributed by atoms with Crippen LogP contribution in [0.5, 0.6) is 0 Å². The number of carbonyl (C=O) groups excluding carboxylic acids is 1. The SMILES string of the molecule is COC(=O)c1ccc(-n2ccc(=O)cc2)o1. The summed E-state index contributed by atoms with van der Waals surface area (Å²) in [5.41, 5.74) is -0.0870. The highest BCUT2D eigenvalue weighted by atomic mass is 16.5. The molecular formula is C11H9NO4. The van der Waals surface area contributed by atoms with Crippen molar-refractivity contribution < 1.29 is 13.9 Å². The number of methoxy groups -OCH3 is 1. The maximum Gasteiger partial charge on any atom is 0.374 e. The molecule has 0 unspecified atom stereocenters. The summed E-state index contributed by atoms with van der Waals surface area (Å²) in [6.07, 6.45) is 3.12. The maximum absolute atomic E-state index is 11.1. The Morgan fingerprint density at radius 2 is 1.94 bits per heavy atom. The normalized spacial score (nSPS) is 10.1. The largest absolute Gasteiger partial charge is 0.463 e. The lowest BCUT2D eigenvalue weighted by atomic mass is 10.4. The van der Waals surface area contributed by atoms with E-state index in [1.165, 1.54) is 25.3 Å². The van der Waals surface area contributed by atoms with Gasteiger partial charge in [0.1, 0.15) is 0 Å². The van der Waals surface area contributed by atoms with Crippen LogP contribution in [0.1, 0.15) is 10.6 Å². The Hall–Kier alpha value is -2.30. The molecule has 0 aromatic carbocycles. The number of hydrogen-bond donors (Lipinski definition) is 0. The molecule has 0 aliphatic rings. The molecule has 5 nitrogen and oxygen atoms in total. The topological polar surface area (TPSA) is 61.4 Å². The van der Waals surface area contributed by atoms with E-state index in [-0.39, 0.29) is 11.2 Å². The van der Waals surface area contributed by atoms with Crippen molar-refractivity contribution in [2.75, 3.05) is 7.11 Å². The number of ether oxygens (including phenoxy) is 1. The summed E-state index contributed by atoms with van der Waals surface area (Å²) in [6, 6.07) is 5.94. The van der Waals surface area contributed by atoms with Crippen LogP contribution >= 0.6 is 0 Å². The van der Waals surface area contributed by atoms with Crippen LogP contribution in [-0.4, -0.2) is 17.6 Å². The number of esters is 1. The van der Waals surface area contributed by atoms with E-state index in [1.807, 2.05) is 0 Å². The molecule has 0 saturated carbocycles. The molecule has 16 heavy (non-hydrogen) atoms. The molecule has 0 radical (unpaired) electrons. The molecule has 82 valence electrons. The second-order valence-electron chi connectivity index (χ2n) is 3.07. The van der Waals surface area contributed by atoms with Crippen molar-refractivity contribution >= 4 is 5.97 Å². The van der Waals surface area contributed by atoms with Gasteiger partial charge in [-0.15, -0.1) is 0 Å². The molecular weight excluding hydrogens is 210 g/mol. The molecule has 2 aromatic heterocycles. The van der Waals surface area contributed by atoms with E-state index in [2.05, 4.69) is 4.74 Å². The van der Waals surface area contributed by atoms with Gasteiger partial charge in [-0.3, -0.25) is 9.36 Å². The van der Waals surface area contributed by atoms with Crippen molar-refractivity contribution in [3.63, 3.8) is 0 Å². The molecule has 0 atom stereocenters. The van der Waals surface area contributed by atoms with Gasteiger partial charge in [-0.1, -0.05) is 0 Å². The van der Waals surface area contributed by atoms with E-state index in [0.717, 1.165) is 0 Å². The second kappa shape index (κ2) is 4.06. The smallest absolute Gasteiger partial charge is 0.374 e. The van der Waals surface area contributed by atoms with Crippen LogP contribution in [0.15, 0.2) is 45.9 Å². The van der Waals surface area contributed by atoms with Gasteiger partial charge >= 0.3 is 5.97 Å². The third-order valence-electron chi connectivity index (χ3n) is 2.03. The number of furan rings is 1. The Bertz CT molecular complexity index is 547. The number of nitrogens with zero attached hydrogens (tertiary/aromatic N) is 1. The second-order valence-corrected chi connectivity index (χ2v) is 3.07. The van der Waals surface area contributed by atoms with Crippen molar-refractivity contribution in [1.29, 1.82) is 0 Å². The minimum Gasteiger partial charge on any atom is -0.463 e. The van der Waals surface area contributed by atoms with Crippen molar-refractivity contribution in [1.82, 2.24) is 4.57 Å². The highest BCUT2D eigenvalue weighted by Gasteiger charge is 2.11. The van der Waals surface area contributed by atoms with Gasteiger partial charge in [-0.25, -0.2) is 4.79 Å². The molecule has 0 fully saturated rings. The molecule has 2 rings (SSSR count). The molecule has 0 bridgehead atoms. The quantitative estimate of drug-likeness (QED) is 0.712. The summed E-state index contributed by atoms with van der Waals surface area (Å²) in [4.78, 5) is 22.0. The van der Waals surface area contributed by atoms with Crippen LogP contribution in [0.2, 0.25) is 0 Å².